The van der Waals surface area contributed by atoms with Gasteiger partial charge in [0, 0.05) is 0 Å². The van der Waals surface area contributed by atoms with Gasteiger partial charge in [-0.05, 0) is 26.0 Å². The highest BCUT2D eigenvalue weighted by Gasteiger charge is 2.31. The highest BCUT2D eigenvalue weighted by atomic mass is 32.2. The SMILES string of the molecule is Cc1ccc(S(=O)(=O)OC(C)C(F)C(F)F)cc1. The van der Waals surface area contributed by atoms with Crippen LogP contribution in [0.1, 0.15) is 12.5 Å². The first kappa shape index (κ1) is 15.0. The van der Waals surface area contributed by atoms with E-state index in [0.717, 1.165) is 12.5 Å². The van der Waals surface area contributed by atoms with Gasteiger partial charge < -0.3 is 0 Å². The van der Waals surface area contributed by atoms with E-state index in [1.165, 1.54) is 24.3 Å². The van der Waals surface area contributed by atoms with Crippen molar-refractivity contribution < 1.29 is 25.8 Å². The first-order chi connectivity index (χ1) is 8.24. The van der Waals surface area contributed by atoms with Crippen molar-refractivity contribution in [1.29, 1.82) is 0 Å². The number of rotatable bonds is 5. The summed E-state index contributed by atoms with van der Waals surface area (Å²) in [6.07, 6.45) is -7.67. The minimum absolute atomic E-state index is 0.193. The van der Waals surface area contributed by atoms with Gasteiger partial charge in [0.2, 0.25) is 0 Å². The van der Waals surface area contributed by atoms with Crippen molar-refractivity contribution in [3.63, 3.8) is 0 Å². The fourth-order valence-electron chi connectivity index (χ4n) is 1.22. The Balaban J connectivity index is 2.85. The summed E-state index contributed by atoms with van der Waals surface area (Å²) in [7, 11) is -4.23. The maximum atomic E-state index is 12.9. The molecule has 0 heterocycles. The van der Waals surface area contributed by atoms with Gasteiger partial charge in [0.25, 0.3) is 16.5 Å². The smallest absolute Gasteiger partial charge is 0.260 e. The van der Waals surface area contributed by atoms with E-state index in [9.17, 15) is 21.6 Å². The largest absolute Gasteiger partial charge is 0.297 e. The Morgan fingerprint density at radius 1 is 1.11 bits per heavy atom. The van der Waals surface area contributed by atoms with Crippen molar-refractivity contribution >= 4 is 10.1 Å². The summed E-state index contributed by atoms with van der Waals surface area (Å²) in [5.74, 6) is 0. The van der Waals surface area contributed by atoms with Crippen LogP contribution in [-0.4, -0.2) is 27.1 Å². The predicted molar refractivity (Wildman–Crippen MR) is 59.8 cm³/mol. The molecule has 1 aromatic rings. The second kappa shape index (κ2) is 5.71. The van der Waals surface area contributed by atoms with Gasteiger partial charge in [-0.25, -0.2) is 13.2 Å². The highest BCUT2D eigenvalue weighted by molar-refractivity contribution is 7.86. The molecule has 1 aromatic carbocycles. The molecule has 18 heavy (non-hydrogen) atoms. The van der Waals surface area contributed by atoms with E-state index in [4.69, 9.17) is 0 Å². The van der Waals surface area contributed by atoms with E-state index >= 15 is 0 Å². The molecule has 0 saturated heterocycles. The van der Waals surface area contributed by atoms with Gasteiger partial charge in [-0.15, -0.1) is 0 Å². The maximum Gasteiger partial charge on any atom is 0.297 e. The van der Waals surface area contributed by atoms with Crippen molar-refractivity contribution in [3.05, 3.63) is 29.8 Å². The minimum atomic E-state index is -4.23. The van der Waals surface area contributed by atoms with Gasteiger partial charge in [-0.1, -0.05) is 17.7 Å². The molecule has 0 aliphatic heterocycles. The molecule has 0 aromatic heterocycles. The van der Waals surface area contributed by atoms with E-state index in [-0.39, 0.29) is 4.90 Å². The van der Waals surface area contributed by atoms with E-state index in [0.29, 0.717) is 0 Å². The van der Waals surface area contributed by atoms with Crippen LogP contribution in [0.3, 0.4) is 0 Å². The third-order valence-electron chi connectivity index (χ3n) is 2.28. The Kier molecular flexibility index (Phi) is 4.75. The molecule has 102 valence electrons. The van der Waals surface area contributed by atoms with Crippen LogP contribution in [-0.2, 0) is 14.3 Å². The monoisotopic (exact) mass is 282 g/mol. The maximum absolute atomic E-state index is 12.9. The third kappa shape index (κ3) is 3.71. The number of aryl methyl sites for hydroxylation is 1. The van der Waals surface area contributed by atoms with Crippen molar-refractivity contribution in [3.8, 4) is 0 Å². The Morgan fingerprint density at radius 2 is 1.61 bits per heavy atom. The highest BCUT2D eigenvalue weighted by Crippen LogP contribution is 2.19. The fourth-order valence-corrected chi connectivity index (χ4v) is 2.30. The number of benzene rings is 1. The quantitative estimate of drug-likeness (QED) is 0.780. The lowest BCUT2D eigenvalue weighted by atomic mass is 10.2. The molecular formula is C11H13F3O3S. The van der Waals surface area contributed by atoms with Crippen molar-refractivity contribution in [2.45, 2.75) is 37.4 Å². The predicted octanol–water partition coefficient (Wildman–Crippen LogP) is 2.69. The van der Waals surface area contributed by atoms with Crippen molar-refractivity contribution in [2.75, 3.05) is 0 Å². The zero-order chi connectivity index (χ0) is 13.9. The molecule has 0 N–H and O–H groups in total. The topological polar surface area (TPSA) is 43.4 Å². The van der Waals surface area contributed by atoms with Gasteiger partial charge in [0.05, 0.1) is 4.90 Å². The van der Waals surface area contributed by atoms with Gasteiger partial charge >= 0.3 is 0 Å². The second-order valence-electron chi connectivity index (χ2n) is 3.85. The Bertz CT molecular complexity index is 485. The van der Waals surface area contributed by atoms with E-state index in [1.54, 1.807) is 6.92 Å². The Hall–Kier alpha value is -1.08. The molecule has 0 fully saturated rings. The van der Waals surface area contributed by atoms with E-state index in [1.807, 2.05) is 0 Å². The van der Waals surface area contributed by atoms with E-state index in [2.05, 4.69) is 4.18 Å². The summed E-state index contributed by atoms with van der Waals surface area (Å²) in [5, 5.41) is 0. The minimum Gasteiger partial charge on any atom is -0.260 e. The molecule has 0 aliphatic carbocycles. The standard InChI is InChI=1S/C11H13F3O3S/c1-7-3-5-9(6-4-7)18(15,16)17-8(2)10(12)11(13)14/h3-6,8,10-11H,1-2H3. The summed E-state index contributed by atoms with van der Waals surface area (Å²) < 4.78 is 64.7. The molecule has 2 atom stereocenters. The molecular weight excluding hydrogens is 269 g/mol. The molecule has 0 bridgehead atoms. The normalized spacial score (nSPS) is 15.7. The average Bonchev–Trinajstić information content (AvgIpc) is 2.27. The molecule has 1 rings (SSSR count). The van der Waals surface area contributed by atoms with E-state index < -0.39 is 28.8 Å². The molecule has 7 heteroatoms. The zero-order valence-corrected chi connectivity index (χ0v) is 10.6. The number of alkyl halides is 3. The molecule has 0 aliphatic rings. The van der Waals surface area contributed by atoms with Gasteiger partial charge in [-0.3, -0.25) is 4.18 Å². The number of halogens is 3. The zero-order valence-electron chi connectivity index (χ0n) is 9.81. The van der Waals surface area contributed by atoms with Gasteiger partial charge in [0.1, 0.15) is 6.10 Å². The van der Waals surface area contributed by atoms with Crippen LogP contribution in [0.25, 0.3) is 0 Å². The van der Waals surface area contributed by atoms with Gasteiger partial charge in [-0.2, -0.15) is 8.42 Å². The lowest BCUT2D eigenvalue weighted by molar-refractivity contribution is -0.00895. The molecule has 2 unspecified atom stereocenters. The van der Waals surface area contributed by atoms with Crippen LogP contribution in [0.4, 0.5) is 13.2 Å². The second-order valence-corrected chi connectivity index (χ2v) is 5.42. The molecule has 0 saturated carbocycles. The Labute approximate surface area is 104 Å². The number of hydrogen-bond acceptors (Lipinski definition) is 3. The summed E-state index contributed by atoms with van der Waals surface area (Å²) in [6, 6.07) is 5.60. The summed E-state index contributed by atoms with van der Waals surface area (Å²) in [5.41, 5.74) is 0.831. The van der Waals surface area contributed by atoms with Crippen molar-refractivity contribution in [1.82, 2.24) is 0 Å². The Morgan fingerprint density at radius 3 is 2.06 bits per heavy atom. The van der Waals surface area contributed by atoms with Crippen molar-refractivity contribution in [2.24, 2.45) is 0 Å². The molecule has 0 spiro atoms. The first-order valence-corrected chi connectivity index (χ1v) is 6.57. The fraction of sp³-hybridized carbons (Fsp3) is 0.455. The van der Waals surface area contributed by atoms with Crippen LogP contribution < -0.4 is 0 Å². The molecule has 3 nitrogen and oxygen atoms in total. The summed E-state index contributed by atoms with van der Waals surface area (Å²) >= 11 is 0. The van der Waals surface area contributed by atoms with Crippen LogP contribution in [0.2, 0.25) is 0 Å². The average molecular weight is 282 g/mol. The number of hydrogen-bond donors (Lipinski definition) is 0. The lowest BCUT2D eigenvalue weighted by Crippen LogP contribution is -2.30. The molecule has 0 amide bonds. The van der Waals surface area contributed by atoms with Crippen LogP contribution in [0.15, 0.2) is 29.2 Å². The lowest BCUT2D eigenvalue weighted by Gasteiger charge is -2.16. The molecule has 0 radical (unpaired) electrons. The summed E-state index contributed by atoms with van der Waals surface area (Å²) in [6.45, 7) is 2.71. The first-order valence-electron chi connectivity index (χ1n) is 5.16. The van der Waals surface area contributed by atoms with Crippen LogP contribution in [0.5, 0.6) is 0 Å². The summed E-state index contributed by atoms with van der Waals surface area (Å²) in [4.78, 5) is -0.193. The van der Waals surface area contributed by atoms with Crippen LogP contribution in [0, 0.1) is 6.92 Å². The van der Waals surface area contributed by atoms with Gasteiger partial charge in [0.15, 0.2) is 6.17 Å². The van der Waals surface area contributed by atoms with Crippen LogP contribution >= 0.6 is 0 Å². The third-order valence-corrected chi connectivity index (χ3v) is 3.68.